The zero-order chi connectivity index (χ0) is 18.5. The number of nitrogens with zero attached hydrogens (tertiary/aromatic N) is 1. The highest BCUT2D eigenvalue weighted by Gasteiger charge is 2.23. The molecule has 3 aromatic carbocycles. The Kier molecular flexibility index (Phi) is 3.48. The third-order valence-electron chi connectivity index (χ3n) is 4.80. The highest BCUT2D eigenvalue weighted by molar-refractivity contribution is 7.22. The van der Waals surface area contributed by atoms with Crippen LogP contribution in [0.3, 0.4) is 0 Å². The van der Waals surface area contributed by atoms with Crippen molar-refractivity contribution in [1.82, 2.24) is 0 Å². The van der Waals surface area contributed by atoms with Crippen molar-refractivity contribution in [2.45, 2.75) is 6.54 Å². The van der Waals surface area contributed by atoms with Crippen LogP contribution in [0.1, 0.15) is 11.1 Å². The van der Waals surface area contributed by atoms with Crippen LogP contribution < -0.4 is 20.9 Å². The van der Waals surface area contributed by atoms with Crippen LogP contribution in [0.4, 0.5) is 11.4 Å². The van der Waals surface area contributed by atoms with Gasteiger partial charge in [0.05, 0.1) is 13.7 Å². The highest BCUT2D eigenvalue weighted by atomic mass is 32.1. The van der Waals surface area contributed by atoms with Crippen LogP contribution in [0, 0.1) is 0 Å². The Hall–Kier alpha value is -3.25. The van der Waals surface area contributed by atoms with Gasteiger partial charge in [-0.2, -0.15) is 0 Å². The van der Waals surface area contributed by atoms with Crippen molar-refractivity contribution < 1.29 is 4.74 Å². The van der Waals surface area contributed by atoms with Gasteiger partial charge in [-0.25, -0.2) is 0 Å². The first-order valence-corrected chi connectivity index (χ1v) is 9.27. The summed E-state index contributed by atoms with van der Waals surface area (Å²) in [5.74, 6) is 0.0811. The van der Waals surface area contributed by atoms with E-state index in [1.165, 1.54) is 22.8 Å². The molecule has 0 atom stereocenters. The molecule has 2 heterocycles. The van der Waals surface area contributed by atoms with Gasteiger partial charge in [0.15, 0.2) is 5.75 Å². The normalized spacial score (nSPS) is 12.6. The first-order chi connectivity index (χ1) is 13.2. The lowest BCUT2D eigenvalue weighted by Gasteiger charge is -2.14. The highest BCUT2D eigenvalue weighted by Crippen LogP contribution is 2.39. The summed E-state index contributed by atoms with van der Waals surface area (Å²) >= 11 is 1.73. The first kappa shape index (κ1) is 16.0. The van der Waals surface area contributed by atoms with Gasteiger partial charge in [-0.05, 0) is 40.8 Å². The van der Waals surface area contributed by atoms with Gasteiger partial charge in [0, 0.05) is 27.0 Å². The zero-order valence-corrected chi connectivity index (χ0v) is 15.2. The molecule has 0 fully saturated rings. The number of anilines is 2. The van der Waals surface area contributed by atoms with Gasteiger partial charge in [0.25, 0.3) is 10.9 Å². The fourth-order valence-electron chi connectivity index (χ4n) is 3.45. The standard InChI is InChI=1S/C21H14N2O3S/c1-26-21-18(19(24)20(21)25)23-13-6-12-9-22-10-15(12)14(8-13)17-7-11-4-2-3-5-16(11)27-17/h2-9,23H,10H2,1H3. The molecule has 0 aliphatic carbocycles. The lowest BCUT2D eigenvalue weighted by Crippen LogP contribution is -2.34. The van der Waals surface area contributed by atoms with Crippen molar-refractivity contribution in [3.63, 3.8) is 0 Å². The van der Waals surface area contributed by atoms with Crippen LogP contribution in [-0.2, 0) is 6.54 Å². The fraction of sp³-hybridized carbons (Fsp3) is 0.0952. The molecule has 1 aromatic heterocycles. The number of rotatable bonds is 4. The van der Waals surface area contributed by atoms with Crippen molar-refractivity contribution in [3.05, 3.63) is 74.0 Å². The summed E-state index contributed by atoms with van der Waals surface area (Å²) in [5.41, 5.74) is 3.08. The number of hydrogen-bond donors (Lipinski definition) is 1. The predicted molar refractivity (Wildman–Crippen MR) is 110 cm³/mol. The summed E-state index contributed by atoms with van der Waals surface area (Å²) in [5, 5.41) is 4.26. The summed E-state index contributed by atoms with van der Waals surface area (Å²) in [4.78, 5) is 29.0. The molecule has 1 N–H and O–H groups in total. The topological polar surface area (TPSA) is 67.8 Å². The smallest absolute Gasteiger partial charge is 0.272 e. The monoisotopic (exact) mass is 374 g/mol. The molecule has 27 heavy (non-hydrogen) atoms. The number of aliphatic imine (C=N–C) groups is 1. The molecule has 0 bridgehead atoms. The van der Waals surface area contributed by atoms with E-state index in [9.17, 15) is 9.59 Å². The SMILES string of the molecule is COc1c(Nc2cc3c(c(-c4cc5ccccc5s4)c2)CN=C3)c(=O)c1=O. The van der Waals surface area contributed by atoms with Crippen LogP contribution >= 0.6 is 11.3 Å². The quantitative estimate of drug-likeness (QED) is 0.551. The van der Waals surface area contributed by atoms with Crippen molar-refractivity contribution in [2.75, 3.05) is 12.4 Å². The average molecular weight is 374 g/mol. The first-order valence-electron chi connectivity index (χ1n) is 8.45. The van der Waals surface area contributed by atoms with Gasteiger partial charge in [0.2, 0.25) is 0 Å². The van der Waals surface area contributed by atoms with Crippen molar-refractivity contribution in [1.29, 1.82) is 0 Å². The molecule has 5 nitrogen and oxygen atoms in total. The Morgan fingerprint density at radius 3 is 2.78 bits per heavy atom. The molecule has 0 saturated heterocycles. The summed E-state index contributed by atoms with van der Waals surface area (Å²) in [6.07, 6.45) is 1.84. The van der Waals surface area contributed by atoms with E-state index < -0.39 is 10.9 Å². The molecule has 4 aromatic rings. The van der Waals surface area contributed by atoms with E-state index in [0.29, 0.717) is 6.54 Å². The third kappa shape index (κ3) is 2.41. The predicted octanol–water partition coefficient (Wildman–Crippen LogP) is 3.85. The second-order valence-corrected chi connectivity index (χ2v) is 7.49. The lowest BCUT2D eigenvalue weighted by molar-refractivity contribution is 0.408. The van der Waals surface area contributed by atoms with E-state index >= 15 is 0 Å². The number of hydrogen-bond acceptors (Lipinski definition) is 6. The molecule has 132 valence electrons. The molecule has 1 aliphatic heterocycles. The Balaban J connectivity index is 1.63. The van der Waals surface area contributed by atoms with E-state index in [4.69, 9.17) is 4.74 Å². The van der Waals surface area contributed by atoms with Crippen LogP contribution in [0.15, 0.2) is 57.0 Å². The maximum Gasteiger partial charge on any atom is 0.272 e. The minimum atomic E-state index is -0.590. The maximum atomic E-state index is 11.9. The van der Waals surface area contributed by atoms with E-state index in [1.807, 2.05) is 30.5 Å². The molecule has 0 amide bonds. The lowest BCUT2D eigenvalue weighted by atomic mass is 10.00. The minimum absolute atomic E-state index is 0.0811. The maximum absolute atomic E-state index is 11.9. The van der Waals surface area contributed by atoms with Gasteiger partial charge in [-0.3, -0.25) is 14.6 Å². The second-order valence-electron chi connectivity index (χ2n) is 6.40. The Morgan fingerprint density at radius 1 is 1.11 bits per heavy atom. The van der Waals surface area contributed by atoms with Gasteiger partial charge in [0.1, 0.15) is 5.69 Å². The van der Waals surface area contributed by atoms with Crippen molar-refractivity contribution in [3.8, 4) is 16.2 Å². The second kappa shape index (κ2) is 5.89. The molecule has 0 saturated carbocycles. The van der Waals surface area contributed by atoms with Gasteiger partial charge < -0.3 is 10.1 Å². The third-order valence-corrected chi connectivity index (χ3v) is 5.94. The van der Waals surface area contributed by atoms with Gasteiger partial charge >= 0.3 is 0 Å². The number of nitrogens with one attached hydrogen (secondary N) is 1. The number of ether oxygens (including phenoxy) is 1. The van der Waals surface area contributed by atoms with Crippen LogP contribution in [-0.4, -0.2) is 13.3 Å². The van der Waals surface area contributed by atoms with Gasteiger partial charge in [-0.1, -0.05) is 18.2 Å². The van der Waals surface area contributed by atoms with Crippen molar-refractivity contribution >= 4 is 39.0 Å². The molecule has 0 spiro atoms. The van der Waals surface area contributed by atoms with Gasteiger partial charge in [-0.15, -0.1) is 11.3 Å². The molecule has 6 heteroatoms. The molecule has 5 rings (SSSR count). The molecule has 0 unspecified atom stereocenters. The Morgan fingerprint density at radius 2 is 1.96 bits per heavy atom. The molecule has 0 radical (unpaired) electrons. The Bertz CT molecular complexity index is 1280. The summed E-state index contributed by atoms with van der Waals surface area (Å²) < 4.78 is 6.25. The zero-order valence-electron chi connectivity index (χ0n) is 14.4. The summed E-state index contributed by atoms with van der Waals surface area (Å²) in [7, 11) is 1.39. The van der Waals surface area contributed by atoms with Crippen LogP contribution in [0.5, 0.6) is 5.75 Å². The summed E-state index contributed by atoms with van der Waals surface area (Å²) in [6.45, 7) is 0.641. The molecule has 1 aliphatic rings. The van der Waals surface area contributed by atoms with E-state index in [1.54, 1.807) is 11.3 Å². The molecular weight excluding hydrogens is 360 g/mol. The number of fused-ring (bicyclic) bond motifs is 2. The number of methoxy groups -OCH3 is 1. The van der Waals surface area contributed by atoms with E-state index in [-0.39, 0.29) is 11.4 Å². The molecular formula is C21H14N2O3S. The largest absolute Gasteiger partial charge is 0.491 e. The number of benzene rings is 2. The minimum Gasteiger partial charge on any atom is -0.491 e. The fourth-order valence-corrected chi connectivity index (χ4v) is 4.56. The van der Waals surface area contributed by atoms with Crippen LogP contribution in [0.2, 0.25) is 0 Å². The summed E-state index contributed by atoms with van der Waals surface area (Å²) in [6, 6.07) is 14.4. The van der Waals surface area contributed by atoms with Crippen molar-refractivity contribution in [2.24, 2.45) is 4.99 Å². The van der Waals surface area contributed by atoms with E-state index in [0.717, 1.165) is 21.7 Å². The number of thiophene rings is 1. The average Bonchev–Trinajstić information content (AvgIpc) is 3.33. The Labute approximate surface area is 158 Å². The van der Waals surface area contributed by atoms with E-state index in [2.05, 4.69) is 28.5 Å². The van der Waals surface area contributed by atoms with Crippen LogP contribution in [0.25, 0.3) is 20.5 Å².